The summed E-state index contributed by atoms with van der Waals surface area (Å²) in [6, 6.07) is 20.6. The van der Waals surface area contributed by atoms with Crippen molar-refractivity contribution in [3.63, 3.8) is 0 Å². The predicted octanol–water partition coefficient (Wildman–Crippen LogP) is 5.50. The van der Waals surface area contributed by atoms with E-state index in [1.165, 1.54) is 24.3 Å². The van der Waals surface area contributed by atoms with Crippen molar-refractivity contribution in [3.05, 3.63) is 99.6 Å². The minimum absolute atomic E-state index is 0.0594. The number of ether oxygens (including phenoxy) is 1. The van der Waals surface area contributed by atoms with Crippen molar-refractivity contribution in [2.24, 2.45) is 0 Å². The van der Waals surface area contributed by atoms with Gasteiger partial charge in [0.15, 0.2) is 6.10 Å². The molecule has 0 aliphatic carbocycles. The molecule has 8 heteroatoms. The zero-order valence-corrected chi connectivity index (χ0v) is 19.6. The molecule has 8 nitrogen and oxygen atoms in total. The molecule has 180 valence electrons. The third kappa shape index (κ3) is 5.16. The van der Waals surface area contributed by atoms with E-state index in [2.05, 4.69) is 12.2 Å². The van der Waals surface area contributed by atoms with Crippen LogP contribution in [-0.2, 0) is 11.3 Å². The number of nitro groups is 1. The van der Waals surface area contributed by atoms with E-state index in [0.717, 1.165) is 17.5 Å². The van der Waals surface area contributed by atoms with Gasteiger partial charge in [0, 0.05) is 28.9 Å². The van der Waals surface area contributed by atoms with E-state index in [-0.39, 0.29) is 23.5 Å². The number of amides is 2. The molecule has 1 N–H and O–H groups in total. The van der Waals surface area contributed by atoms with Crippen molar-refractivity contribution in [2.45, 2.75) is 45.4 Å². The lowest BCUT2D eigenvalue weighted by atomic mass is 10.0. The Bertz CT molecular complexity index is 1230. The molecule has 0 saturated heterocycles. The van der Waals surface area contributed by atoms with E-state index in [0.29, 0.717) is 30.0 Å². The van der Waals surface area contributed by atoms with Gasteiger partial charge >= 0.3 is 0 Å². The number of non-ortho nitro benzene ring substituents is 1. The fourth-order valence-electron chi connectivity index (χ4n) is 4.32. The Morgan fingerprint density at radius 3 is 2.46 bits per heavy atom. The van der Waals surface area contributed by atoms with E-state index in [1.54, 1.807) is 12.1 Å². The maximum Gasteiger partial charge on any atom is 0.269 e. The molecule has 1 aliphatic rings. The summed E-state index contributed by atoms with van der Waals surface area (Å²) in [5, 5.41) is 13.7. The predicted molar refractivity (Wildman–Crippen MR) is 132 cm³/mol. The van der Waals surface area contributed by atoms with E-state index < -0.39 is 11.0 Å². The first-order valence-corrected chi connectivity index (χ1v) is 11.6. The Balaban J connectivity index is 1.61. The highest BCUT2D eigenvalue weighted by Crippen LogP contribution is 2.35. The molecule has 0 radical (unpaired) electrons. The van der Waals surface area contributed by atoms with Crippen molar-refractivity contribution >= 4 is 23.2 Å². The van der Waals surface area contributed by atoms with Gasteiger partial charge < -0.3 is 15.0 Å². The van der Waals surface area contributed by atoms with E-state index >= 15 is 0 Å². The van der Waals surface area contributed by atoms with Gasteiger partial charge in [0.2, 0.25) is 0 Å². The molecule has 2 amide bonds. The van der Waals surface area contributed by atoms with Crippen molar-refractivity contribution in [3.8, 4) is 5.75 Å². The number of nitrogens with zero attached hydrogens (tertiary/aromatic N) is 2. The zero-order valence-electron chi connectivity index (χ0n) is 19.6. The van der Waals surface area contributed by atoms with Crippen molar-refractivity contribution in [1.82, 2.24) is 4.90 Å². The SMILES string of the molecule is CCC1Oc2ccc(NC(=O)c3ccc([N+](=O)[O-])cc3)cc2CN(C(CC)c2ccccc2)C1=O. The number of carbonyl (C=O) groups is 2. The first-order valence-electron chi connectivity index (χ1n) is 11.6. The quantitative estimate of drug-likeness (QED) is 0.361. The third-order valence-corrected chi connectivity index (χ3v) is 6.15. The fourth-order valence-corrected chi connectivity index (χ4v) is 4.32. The number of benzene rings is 3. The van der Waals surface area contributed by atoms with Crippen LogP contribution in [0.15, 0.2) is 72.8 Å². The molecule has 1 aliphatic heterocycles. The van der Waals surface area contributed by atoms with Crippen LogP contribution in [0.25, 0.3) is 0 Å². The molecule has 0 saturated carbocycles. The van der Waals surface area contributed by atoms with E-state index in [1.807, 2.05) is 48.2 Å². The summed E-state index contributed by atoms with van der Waals surface area (Å²) in [6.07, 6.45) is 0.700. The number of hydrogen-bond acceptors (Lipinski definition) is 5. The first kappa shape index (κ1) is 23.9. The highest BCUT2D eigenvalue weighted by atomic mass is 16.6. The Kier molecular flexibility index (Phi) is 7.10. The molecule has 0 spiro atoms. The molecule has 1 heterocycles. The van der Waals surface area contributed by atoms with E-state index in [4.69, 9.17) is 4.74 Å². The van der Waals surface area contributed by atoms with Gasteiger partial charge in [0.25, 0.3) is 17.5 Å². The second-order valence-electron chi connectivity index (χ2n) is 8.40. The molecule has 2 unspecified atom stereocenters. The number of nitro benzene ring substituents is 1. The summed E-state index contributed by atoms with van der Waals surface area (Å²) >= 11 is 0. The largest absolute Gasteiger partial charge is 0.480 e. The van der Waals surface area contributed by atoms with Crippen LogP contribution < -0.4 is 10.1 Å². The van der Waals surface area contributed by atoms with Crippen LogP contribution in [0.2, 0.25) is 0 Å². The topological polar surface area (TPSA) is 102 Å². The smallest absolute Gasteiger partial charge is 0.269 e. The van der Waals surface area contributed by atoms with Crippen LogP contribution in [0.1, 0.15) is 54.2 Å². The van der Waals surface area contributed by atoms with Gasteiger partial charge in [0.05, 0.1) is 17.5 Å². The monoisotopic (exact) mass is 473 g/mol. The van der Waals surface area contributed by atoms with Crippen LogP contribution in [0.4, 0.5) is 11.4 Å². The van der Waals surface area contributed by atoms with Crippen molar-refractivity contribution < 1.29 is 19.2 Å². The molecule has 0 bridgehead atoms. The number of fused-ring (bicyclic) bond motifs is 1. The number of nitrogens with one attached hydrogen (secondary N) is 1. The van der Waals surface area contributed by atoms with Crippen LogP contribution in [-0.4, -0.2) is 27.7 Å². The summed E-state index contributed by atoms with van der Waals surface area (Å²) in [5.74, 6) is 0.171. The van der Waals surface area contributed by atoms with Crippen molar-refractivity contribution in [1.29, 1.82) is 0 Å². The van der Waals surface area contributed by atoms with Gasteiger partial charge in [-0.3, -0.25) is 19.7 Å². The Morgan fingerprint density at radius 1 is 1.11 bits per heavy atom. The summed E-state index contributed by atoms with van der Waals surface area (Å²) in [4.78, 5) is 38.3. The lowest BCUT2D eigenvalue weighted by molar-refractivity contribution is -0.384. The van der Waals surface area contributed by atoms with Gasteiger partial charge in [-0.05, 0) is 48.7 Å². The number of hydrogen-bond donors (Lipinski definition) is 1. The second-order valence-corrected chi connectivity index (χ2v) is 8.40. The summed E-state index contributed by atoms with van der Waals surface area (Å²) in [5.41, 5.74) is 2.63. The number of carbonyl (C=O) groups excluding carboxylic acids is 2. The minimum atomic E-state index is -0.588. The summed E-state index contributed by atoms with van der Waals surface area (Å²) in [7, 11) is 0. The molecule has 2 atom stereocenters. The maximum absolute atomic E-state index is 13.4. The molecule has 3 aromatic carbocycles. The average molecular weight is 474 g/mol. The van der Waals surface area contributed by atoms with Crippen LogP contribution in [0.3, 0.4) is 0 Å². The molecule has 0 fully saturated rings. The first-order chi connectivity index (χ1) is 16.9. The minimum Gasteiger partial charge on any atom is -0.480 e. The lowest BCUT2D eigenvalue weighted by Crippen LogP contribution is -2.41. The van der Waals surface area contributed by atoms with Gasteiger partial charge in [-0.25, -0.2) is 0 Å². The van der Waals surface area contributed by atoms with E-state index in [9.17, 15) is 19.7 Å². The van der Waals surface area contributed by atoms with Crippen LogP contribution in [0.5, 0.6) is 5.75 Å². The van der Waals surface area contributed by atoms with Crippen LogP contribution in [0, 0.1) is 10.1 Å². The van der Waals surface area contributed by atoms with Crippen molar-refractivity contribution in [2.75, 3.05) is 5.32 Å². The highest BCUT2D eigenvalue weighted by molar-refractivity contribution is 6.04. The van der Waals surface area contributed by atoms with Gasteiger partial charge in [-0.1, -0.05) is 44.2 Å². The highest BCUT2D eigenvalue weighted by Gasteiger charge is 2.34. The van der Waals surface area contributed by atoms with Crippen LogP contribution >= 0.6 is 0 Å². The van der Waals surface area contributed by atoms with Gasteiger partial charge in [-0.2, -0.15) is 0 Å². The van der Waals surface area contributed by atoms with Gasteiger partial charge in [-0.15, -0.1) is 0 Å². The Morgan fingerprint density at radius 2 is 1.83 bits per heavy atom. The lowest BCUT2D eigenvalue weighted by Gasteiger charge is -2.32. The second kappa shape index (κ2) is 10.4. The molecule has 3 aromatic rings. The number of rotatable bonds is 7. The molecule has 35 heavy (non-hydrogen) atoms. The summed E-state index contributed by atoms with van der Waals surface area (Å²) in [6.45, 7) is 4.33. The Hall–Kier alpha value is -4.20. The number of anilines is 1. The molecular weight excluding hydrogens is 446 g/mol. The maximum atomic E-state index is 13.4. The average Bonchev–Trinajstić information content (AvgIpc) is 3.01. The standard InChI is InChI=1S/C27H27N3O5/c1-3-23(18-8-6-5-7-9-18)29-17-20-16-21(12-15-25(20)35-24(4-2)27(29)32)28-26(31)19-10-13-22(14-11-19)30(33)34/h5-16,23-24H,3-4,17H2,1-2H3,(H,28,31). The molecule has 4 rings (SSSR count). The zero-order chi connectivity index (χ0) is 24.9. The normalized spacial score (nSPS) is 16.0. The summed E-state index contributed by atoms with van der Waals surface area (Å²) < 4.78 is 6.09. The molecule has 0 aromatic heterocycles. The molecular formula is C27H27N3O5. The third-order valence-electron chi connectivity index (χ3n) is 6.15. The fraction of sp³-hybridized carbons (Fsp3) is 0.259. The Labute approximate surface area is 203 Å². The van der Waals surface area contributed by atoms with Gasteiger partial charge in [0.1, 0.15) is 5.75 Å².